The number of nitrogens with two attached hydrogens (primary N) is 1. The predicted octanol–water partition coefficient (Wildman–Crippen LogP) is -0.468. The molecule has 0 saturated heterocycles. The minimum absolute atomic E-state index is 0.0256. The van der Waals surface area contributed by atoms with Crippen molar-refractivity contribution in [3.05, 3.63) is 54.2 Å². The lowest BCUT2D eigenvalue weighted by Gasteiger charge is -2.22. The smallest absolute Gasteiger partial charge is 0.326 e. The van der Waals surface area contributed by atoms with E-state index < -0.39 is 48.3 Å². The first-order valence-electron chi connectivity index (χ1n) is 10.1. The molecule has 33 heavy (non-hydrogen) atoms. The standard InChI is InChI=1S/C21H24N6O6/c22-14(7-18(28)29)19(30)26-16(5-11-8-24-15-4-2-1-3-13(11)15)20(31)27-17(21(32)33)6-12-9-23-10-25-12/h1-4,8-10,14,16-17,24H,5-7,22H2,(H,23,25)(H,26,30)(H,27,31)(H,28,29)(H,32,33)/t14-,16-,17-/m0/s1. The molecule has 0 aliphatic rings. The van der Waals surface area contributed by atoms with E-state index in [1.807, 2.05) is 24.3 Å². The van der Waals surface area contributed by atoms with Gasteiger partial charge in [0.1, 0.15) is 12.1 Å². The minimum atomic E-state index is -1.37. The summed E-state index contributed by atoms with van der Waals surface area (Å²) in [5.74, 6) is -4.11. The molecular formula is C21H24N6O6. The van der Waals surface area contributed by atoms with E-state index in [1.54, 1.807) is 6.20 Å². The van der Waals surface area contributed by atoms with Crippen molar-refractivity contribution in [1.29, 1.82) is 0 Å². The number of H-pyrrole nitrogens is 2. The first kappa shape index (κ1) is 23.5. The molecule has 2 heterocycles. The Morgan fingerprint density at radius 3 is 2.39 bits per heavy atom. The number of aromatic amines is 2. The van der Waals surface area contributed by atoms with Gasteiger partial charge in [-0.25, -0.2) is 9.78 Å². The van der Waals surface area contributed by atoms with E-state index in [1.165, 1.54) is 12.5 Å². The van der Waals surface area contributed by atoms with Crippen LogP contribution >= 0.6 is 0 Å². The quantitative estimate of drug-likeness (QED) is 0.200. The van der Waals surface area contributed by atoms with Gasteiger partial charge in [0.05, 0.1) is 18.8 Å². The average molecular weight is 456 g/mol. The van der Waals surface area contributed by atoms with Crippen molar-refractivity contribution in [2.75, 3.05) is 0 Å². The number of aromatic nitrogens is 3. The first-order chi connectivity index (χ1) is 15.7. The van der Waals surface area contributed by atoms with E-state index in [4.69, 9.17) is 10.8 Å². The van der Waals surface area contributed by atoms with Gasteiger partial charge >= 0.3 is 11.9 Å². The molecule has 174 valence electrons. The normalized spacial score (nSPS) is 13.7. The van der Waals surface area contributed by atoms with Gasteiger partial charge in [0.2, 0.25) is 11.8 Å². The minimum Gasteiger partial charge on any atom is -0.481 e. The Bertz CT molecular complexity index is 1140. The van der Waals surface area contributed by atoms with E-state index in [0.717, 1.165) is 10.9 Å². The van der Waals surface area contributed by atoms with Crippen LogP contribution in [-0.4, -0.2) is 67.0 Å². The Morgan fingerprint density at radius 2 is 1.73 bits per heavy atom. The number of amides is 2. The molecule has 3 aromatic rings. The zero-order valence-corrected chi connectivity index (χ0v) is 17.4. The van der Waals surface area contributed by atoms with Crippen LogP contribution in [0.2, 0.25) is 0 Å². The molecule has 1 aromatic carbocycles. The van der Waals surface area contributed by atoms with Gasteiger partial charge < -0.3 is 36.5 Å². The zero-order chi connectivity index (χ0) is 24.0. The Kier molecular flexibility index (Phi) is 7.41. The number of para-hydroxylation sites is 1. The maximum absolute atomic E-state index is 13.0. The Morgan fingerprint density at radius 1 is 1.00 bits per heavy atom. The number of rotatable bonds is 11. The van der Waals surface area contributed by atoms with Crippen LogP contribution in [0.4, 0.5) is 0 Å². The number of aliphatic carboxylic acids is 2. The monoisotopic (exact) mass is 456 g/mol. The summed E-state index contributed by atoms with van der Waals surface area (Å²) in [6.07, 6.45) is 3.88. The highest BCUT2D eigenvalue weighted by molar-refractivity contribution is 5.94. The van der Waals surface area contributed by atoms with Gasteiger partial charge in [0.15, 0.2) is 0 Å². The lowest BCUT2D eigenvalue weighted by Crippen LogP contribution is -2.55. The Hall–Kier alpha value is -4.19. The van der Waals surface area contributed by atoms with E-state index >= 15 is 0 Å². The third-order valence-electron chi connectivity index (χ3n) is 5.06. The van der Waals surface area contributed by atoms with E-state index in [2.05, 4.69) is 25.6 Å². The number of hydrogen-bond donors (Lipinski definition) is 7. The van der Waals surface area contributed by atoms with Crippen molar-refractivity contribution >= 4 is 34.7 Å². The lowest BCUT2D eigenvalue weighted by atomic mass is 10.0. The largest absolute Gasteiger partial charge is 0.481 e. The molecule has 0 aliphatic heterocycles. The van der Waals surface area contributed by atoms with Crippen molar-refractivity contribution in [1.82, 2.24) is 25.6 Å². The van der Waals surface area contributed by atoms with E-state index in [0.29, 0.717) is 11.3 Å². The van der Waals surface area contributed by atoms with Crippen LogP contribution in [0.3, 0.4) is 0 Å². The van der Waals surface area contributed by atoms with Crippen LogP contribution < -0.4 is 16.4 Å². The number of carbonyl (C=O) groups excluding carboxylic acids is 2. The van der Waals surface area contributed by atoms with Gasteiger partial charge in [-0.3, -0.25) is 14.4 Å². The summed E-state index contributed by atoms with van der Waals surface area (Å²) in [6.45, 7) is 0. The second kappa shape index (κ2) is 10.4. The number of nitrogens with one attached hydrogen (secondary N) is 4. The number of fused-ring (bicyclic) bond motifs is 1. The summed E-state index contributed by atoms with van der Waals surface area (Å²) < 4.78 is 0. The maximum Gasteiger partial charge on any atom is 0.326 e. The fourth-order valence-electron chi connectivity index (χ4n) is 3.38. The molecule has 2 amide bonds. The van der Waals surface area contributed by atoms with Crippen molar-refractivity contribution in [3.8, 4) is 0 Å². The summed E-state index contributed by atoms with van der Waals surface area (Å²) >= 11 is 0. The molecular weight excluding hydrogens is 432 g/mol. The second-order valence-electron chi connectivity index (χ2n) is 7.51. The van der Waals surface area contributed by atoms with Gasteiger partial charge in [-0.05, 0) is 11.6 Å². The fraction of sp³-hybridized carbons (Fsp3) is 0.286. The molecule has 12 heteroatoms. The van der Waals surface area contributed by atoms with Crippen LogP contribution in [-0.2, 0) is 32.0 Å². The molecule has 0 radical (unpaired) electrons. The molecule has 0 unspecified atom stereocenters. The Balaban J connectivity index is 1.81. The third kappa shape index (κ3) is 6.17. The van der Waals surface area contributed by atoms with Crippen molar-refractivity contribution < 1.29 is 29.4 Å². The molecule has 0 fully saturated rings. The van der Waals surface area contributed by atoms with E-state index in [9.17, 15) is 24.3 Å². The van der Waals surface area contributed by atoms with Crippen LogP contribution in [0.5, 0.6) is 0 Å². The van der Waals surface area contributed by atoms with Gasteiger partial charge in [0, 0.05) is 41.8 Å². The SMILES string of the molecule is N[C@@H](CC(=O)O)C(=O)N[C@@H](Cc1c[nH]c2ccccc12)C(=O)N[C@@H](Cc1cnc[nH]1)C(=O)O. The zero-order valence-electron chi connectivity index (χ0n) is 17.4. The molecule has 0 aliphatic carbocycles. The first-order valence-corrected chi connectivity index (χ1v) is 10.1. The maximum atomic E-state index is 13.0. The second-order valence-corrected chi connectivity index (χ2v) is 7.51. The number of hydrogen-bond acceptors (Lipinski definition) is 6. The van der Waals surface area contributed by atoms with Crippen LogP contribution in [0, 0.1) is 0 Å². The topological polar surface area (TPSA) is 203 Å². The highest BCUT2D eigenvalue weighted by atomic mass is 16.4. The highest BCUT2D eigenvalue weighted by Gasteiger charge is 2.29. The summed E-state index contributed by atoms with van der Waals surface area (Å²) in [4.78, 5) is 57.8. The molecule has 2 aromatic heterocycles. The van der Waals surface area contributed by atoms with Crippen LogP contribution in [0.25, 0.3) is 10.9 Å². The van der Waals surface area contributed by atoms with Crippen molar-refractivity contribution in [2.45, 2.75) is 37.4 Å². The van der Waals surface area contributed by atoms with Gasteiger partial charge in [-0.15, -0.1) is 0 Å². The summed E-state index contributed by atoms with van der Waals surface area (Å²) in [7, 11) is 0. The Labute approximate surface area is 187 Å². The molecule has 12 nitrogen and oxygen atoms in total. The average Bonchev–Trinajstić information content (AvgIpc) is 3.42. The molecule has 0 saturated carbocycles. The van der Waals surface area contributed by atoms with Gasteiger partial charge in [0.25, 0.3) is 0 Å². The molecule has 0 bridgehead atoms. The predicted molar refractivity (Wildman–Crippen MR) is 116 cm³/mol. The summed E-state index contributed by atoms with van der Waals surface area (Å²) in [6, 6.07) is 3.49. The molecule has 0 spiro atoms. The fourth-order valence-corrected chi connectivity index (χ4v) is 3.38. The number of carboxylic acid groups (broad SMARTS) is 2. The number of benzene rings is 1. The number of nitrogens with zero attached hydrogens (tertiary/aromatic N) is 1. The van der Waals surface area contributed by atoms with Gasteiger partial charge in [-0.1, -0.05) is 18.2 Å². The van der Waals surface area contributed by atoms with Crippen LogP contribution in [0.1, 0.15) is 17.7 Å². The number of imidazole rings is 1. The van der Waals surface area contributed by atoms with Crippen molar-refractivity contribution in [3.63, 3.8) is 0 Å². The van der Waals surface area contributed by atoms with Crippen LogP contribution in [0.15, 0.2) is 43.0 Å². The number of carboxylic acids is 2. The van der Waals surface area contributed by atoms with Gasteiger partial charge in [-0.2, -0.15) is 0 Å². The highest BCUT2D eigenvalue weighted by Crippen LogP contribution is 2.19. The molecule has 8 N–H and O–H groups in total. The lowest BCUT2D eigenvalue weighted by molar-refractivity contribution is -0.142. The molecule has 3 rings (SSSR count). The number of carbonyl (C=O) groups is 4. The van der Waals surface area contributed by atoms with Crippen molar-refractivity contribution in [2.24, 2.45) is 5.73 Å². The third-order valence-corrected chi connectivity index (χ3v) is 5.06. The molecule has 3 atom stereocenters. The van der Waals surface area contributed by atoms with E-state index in [-0.39, 0.29) is 12.8 Å². The summed E-state index contributed by atoms with van der Waals surface area (Å²) in [5, 5.41) is 24.2. The summed E-state index contributed by atoms with van der Waals surface area (Å²) in [5.41, 5.74) is 7.67.